The summed E-state index contributed by atoms with van der Waals surface area (Å²) in [6.07, 6.45) is 8.35. The van der Waals surface area contributed by atoms with Crippen molar-refractivity contribution in [3.63, 3.8) is 0 Å². The molecule has 0 aromatic rings. The maximum absolute atomic E-state index is 11.4. The van der Waals surface area contributed by atoms with Crippen molar-refractivity contribution in [1.82, 2.24) is 0 Å². The van der Waals surface area contributed by atoms with E-state index in [0.717, 1.165) is 12.8 Å². The van der Waals surface area contributed by atoms with Crippen LogP contribution in [0.25, 0.3) is 0 Å². The molecule has 0 aliphatic carbocycles. The number of carbonyl (C=O) groups is 1. The van der Waals surface area contributed by atoms with Crippen LogP contribution in [0, 0.1) is 0 Å². The Morgan fingerprint density at radius 1 is 1.33 bits per heavy atom. The summed E-state index contributed by atoms with van der Waals surface area (Å²) in [5, 5.41) is 9.19. The maximum Gasteiger partial charge on any atom is 0.345 e. The average molecular weight is 297 g/mol. The van der Waals surface area contributed by atoms with Gasteiger partial charge in [0.15, 0.2) is 0 Å². The molecular formula is C13H22Cl2O3. The third-order valence-electron chi connectivity index (χ3n) is 2.50. The van der Waals surface area contributed by atoms with Gasteiger partial charge in [0.1, 0.15) is 6.61 Å². The lowest BCUT2D eigenvalue weighted by Crippen LogP contribution is -2.38. The van der Waals surface area contributed by atoms with Crippen molar-refractivity contribution in [3.05, 3.63) is 12.2 Å². The van der Waals surface area contributed by atoms with Gasteiger partial charge < -0.3 is 9.84 Å². The largest absolute Gasteiger partial charge is 0.459 e. The second-order valence-electron chi connectivity index (χ2n) is 4.22. The highest BCUT2D eigenvalue weighted by Crippen LogP contribution is 2.26. The number of hydrogen-bond acceptors (Lipinski definition) is 3. The van der Waals surface area contributed by atoms with Gasteiger partial charge in [-0.25, -0.2) is 4.79 Å². The van der Waals surface area contributed by atoms with E-state index in [2.05, 4.69) is 6.92 Å². The van der Waals surface area contributed by atoms with Crippen LogP contribution >= 0.6 is 23.2 Å². The molecule has 0 unspecified atom stereocenters. The second kappa shape index (κ2) is 9.65. The van der Waals surface area contributed by atoms with Crippen LogP contribution in [0.1, 0.15) is 46.0 Å². The van der Waals surface area contributed by atoms with Gasteiger partial charge in [-0.15, -0.1) is 0 Å². The van der Waals surface area contributed by atoms with Crippen LogP contribution < -0.4 is 0 Å². The smallest absolute Gasteiger partial charge is 0.345 e. The van der Waals surface area contributed by atoms with E-state index in [1.165, 1.54) is 26.2 Å². The van der Waals surface area contributed by atoms with E-state index >= 15 is 0 Å². The predicted molar refractivity (Wildman–Crippen MR) is 75.0 cm³/mol. The van der Waals surface area contributed by atoms with Gasteiger partial charge in [0.25, 0.3) is 0 Å². The molecule has 0 aliphatic rings. The molecule has 0 saturated carbocycles. The molecule has 1 atom stereocenters. The molecule has 0 heterocycles. The molecule has 0 aliphatic heterocycles. The molecule has 0 bridgehead atoms. The van der Waals surface area contributed by atoms with E-state index in [1.807, 2.05) is 6.08 Å². The normalized spacial score (nSPS) is 13.8. The lowest BCUT2D eigenvalue weighted by atomic mass is 10.1. The van der Waals surface area contributed by atoms with Gasteiger partial charge in [0.05, 0.1) is 6.10 Å². The molecule has 0 amide bonds. The minimum atomic E-state index is -1.89. The number of rotatable bonds is 9. The van der Waals surface area contributed by atoms with Crippen LogP contribution in [0.2, 0.25) is 0 Å². The molecule has 5 heteroatoms. The highest BCUT2D eigenvalue weighted by molar-refractivity contribution is 6.58. The van der Waals surface area contributed by atoms with E-state index in [-0.39, 0.29) is 6.61 Å². The fourth-order valence-electron chi connectivity index (χ4n) is 1.27. The maximum atomic E-state index is 11.4. The van der Waals surface area contributed by atoms with E-state index in [9.17, 15) is 9.90 Å². The monoisotopic (exact) mass is 296 g/mol. The molecule has 0 spiro atoms. The minimum Gasteiger partial charge on any atom is -0.459 e. The topological polar surface area (TPSA) is 46.5 Å². The molecule has 0 saturated heterocycles. The highest BCUT2D eigenvalue weighted by Gasteiger charge is 2.40. The molecule has 0 fully saturated rings. The number of hydrogen-bond donors (Lipinski definition) is 1. The molecule has 0 aromatic heterocycles. The van der Waals surface area contributed by atoms with Gasteiger partial charge in [-0.3, -0.25) is 0 Å². The first-order valence-corrected chi connectivity index (χ1v) is 7.06. The standard InChI is InChI=1S/C13H22Cl2O3/c1-3-4-5-6-7-8-9-10-18-12(17)13(14,15)11(2)16/h8-9,11,16H,3-7,10H2,1-2H3/b9-8+/t11-/m1/s1. The molecular weight excluding hydrogens is 275 g/mol. The zero-order chi connectivity index (χ0) is 14.0. The summed E-state index contributed by atoms with van der Waals surface area (Å²) < 4.78 is 2.95. The number of alkyl halides is 2. The first kappa shape index (κ1) is 17.8. The molecule has 18 heavy (non-hydrogen) atoms. The molecule has 106 valence electrons. The van der Waals surface area contributed by atoms with Crippen molar-refractivity contribution >= 4 is 29.2 Å². The quantitative estimate of drug-likeness (QED) is 0.306. The summed E-state index contributed by atoms with van der Waals surface area (Å²) in [7, 11) is 0. The van der Waals surface area contributed by atoms with E-state index in [1.54, 1.807) is 6.08 Å². The van der Waals surface area contributed by atoms with E-state index < -0.39 is 16.4 Å². The first-order chi connectivity index (χ1) is 8.42. The van der Waals surface area contributed by atoms with Crippen LogP contribution in [0.3, 0.4) is 0 Å². The summed E-state index contributed by atoms with van der Waals surface area (Å²) in [5.41, 5.74) is 0. The summed E-state index contributed by atoms with van der Waals surface area (Å²) in [4.78, 5) is 11.4. The Balaban J connectivity index is 3.71. The predicted octanol–water partition coefficient (Wildman–Crippen LogP) is 3.61. The second-order valence-corrected chi connectivity index (χ2v) is 5.60. The summed E-state index contributed by atoms with van der Waals surface area (Å²) in [6.45, 7) is 3.63. The number of esters is 1. The third kappa shape index (κ3) is 7.24. The number of ether oxygens (including phenoxy) is 1. The number of allylic oxidation sites excluding steroid dienone is 1. The van der Waals surface area contributed by atoms with Crippen LogP contribution in [0.4, 0.5) is 0 Å². The number of carbonyl (C=O) groups excluding carboxylic acids is 1. The molecule has 0 radical (unpaired) electrons. The minimum absolute atomic E-state index is 0.126. The van der Waals surface area contributed by atoms with Gasteiger partial charge in [0, 0.05) is 0 Å². The molecule has 1 N–H and O–H groups in total. The van der Waals surface area contributed by atoms with Crippen molar-refractivity contribution in [2.24, 2.45) is 0 Å². The Labute approximate surface area is 119 Å². The Morgan fingerprint density at radius 3 is 2.56 bits per heavy atom. The number of aliphatic hydroxyl groups excluding tert-OH is 1. The third-order valence-corrected chi connectivity index (χ3v) is 3.44. The summed E-state index contributed by atoms with van der Waals surface area (Å²) in [6, 6.07) is 0. The molecule has 0 aromatic carbocycles. The van der Waals surface area contributed by atoms with E-state index in [4.69, 9.17) is 27.9 Å². The summed E-state index contributed by atoms with van der Waals surface area (Å²) in [5.74, 6) is -0.823. The number of halogens is 2. The van der Waals surface area contributed by atoms with Crippen LogP contribution in [-0.2, 0) is 9.53 Å². The molecule has 0 rings (SSSR count). The Morgan fingerprint density at radius 2 is 2.00 bits per heavy atom. The van der Waals surface area contributed by atoms with Gasteiger partial charge in [-0.1, -0.05) is 61.5 Å². The van der Waals surface area contributed by atoms with Gasteiger partial charge in [-0.2, -0.15) is 0 Å². The number of unbranched alkanes of at least 4 members (excludes halogenated alkanes) is 4. The van der Waals surface area contributed by atoms with Crippen LogP contribution in [0.5, 0.6) is 0 Å². The van der Waals surface area contributed by atoms with Crippen molar-refractivity contribution < 1.29 is 14.6 Å². The van der Waals surface area contributed by atoms with Crippen molar-refractivity contribution in [1.29, 1.82) is 0 Å². The zero-order valence-corrected chi connectivity index (χ0v) is 12.5. The fourth-order valence-corrected chi connectivity index (χ4v) is 1.37. The van der Waals surface area contributed by atoms with Gasteiger partial charge in [-0.05, 0) is 19.8 Å². The Bertz CT molecular complexity index is 263. The zero-order valence-electron chi connectivity index (χ0n) is 11.0. The number of aliphatic hydroxyl groups is 1. The SMILES string of the molecule is CCCCCC/C=C/COC(=O)C(Cl)(Cl)[C@@H](C)O. The molecule has 3 nitrogen and oxygen atoms in total. The first-order valence-electron chi connectivity index (χ1n) is 6.31. The van der Waals surface area contributed by atoms with Crippen molar-refractivity contribution in [2.75, 3.05) is 6.61 Å². The fraction of sp³-hybridized carbons (Fsp3) is 0.769. The lowest BCUT2D eigenvalue weighted by molar-refractivity contribution is -0.145. The summed E-state index contributed by atoms with van der Waals surface area (Å²) >= 11 is 11.3. The lowest BCUT2D eigenvalue weighted by Gasteiger charge is -2.19. The van der Waals surface area contributed by atoms with Gasteiger partial charge in [0.2, 0.25) is 4.33 Å². The van der Waals surface area contributed by atoms with Crippen LogP contribution in [-0.4, -0.2) is 28.1 Å². The van der Waals surface area contributed by atoms with Crippen molar-refractivity contribution in [3.8, 4) is 0 Å². The van der Waals surface area contributed by atoms with E-state index in [0.29, 0.717) is 0 Å². The Kier molecular flexibility index (Phi) is 9.52. The van der Waals surface area contributed by atoms with Gasteiger partial charge >= 0.3 is 5.97 Å². The average Bonchev–Trinajstić information content (AvgIpc) is 2.32. The van der Waals surface area contributed by atoms with Crippen molar-refractivity contribution in [2.45, 2.75) is 56.4 Å². The Hall–Kier alpha value is -0.250. The highest BCUT2D eigenvalue weighted by atomic mass is 35.5. The van der Waals surface area contributed by atoms with Crippen LogP contribution in [0.15, 0.2) is 12.2 Å².